The largest absolute Gasteiger partial charge is 0.328 e. The number of amides is 3. The highest BCUT2D eigenvalue weighted by Gasteiger charge is 2.22. The van der Waals surface area contributed by atoms with Gasteiger partial charge in [-0.2, -0.15) is 0 Å². The molecule has 8 heteroatoms. The lowest BCUT2D eigenvalue weighted by Crippen LogP contribution is -2.40. The van der Waals surface area contributed by atoms with Gasteiger partial charge in [0.05, 0.1) is 15.7 Å². The number of rotatable bonds is 2. The van der Waals surface area contributed by atoms with E-state index < -0.39 is 17.3 Å². The van der Waals surface area contributed by atoms with Gasteiger partial charge in [0, 0.05) is 12.1 Å². The van der Waals surface area contributed by atoms with Crippen molar-refractivity contribution in [2.75, 3.05) is 12.4 Å². The molecule has 0 aliphatic carbocycles. The third kappa shape index (κ3) is 4.14. The number of alkyl halides is 1. The first kappa shape index (κ1) is 16.4. The van der Waals surface area contributed by atoms with Crippen LogP contribution in [0.15, 0.2) is 12.1 Å². The summed E-state index contributed by atoms with van der Waals surface area (Å²) in [6, 6.07) is 2.16. The van der Waals surface area contributed by atoms with Crippen LogP contribution in [0.4, 0.5) is 10.5 Å². The van der Waals surface area contributed by atoms with Crippen molar-refractivity contribution in [3.8, 4) is 0 Å². The van der Waals surface area contributed by atoms with E-state index >= 15 is 0 Å². The first-order valence-electron chi connectivity index (χ1n) is 5.11. The fraction of sp³-hybridized carbons (Fsp3) is 0.273. The fourth-order valence-electron chi connectivity index (χ4n) is 1.22. The van der Waals surface area contributed by atoms with E-state index in [4.69, 9.17) is 46.4 Å². The Morgan fingerprint density at radius 3 is 2.11 bits per heavy atom. The predicted octanol–water partition coefficient (Wildman–Crippen LogP) is 4.26. The molecule has 3 amide bonds. The van der Waals surface area contributed by atoms with Crippen LogP contribution >= 0.6 is 46.4 Å². The lowest BCUT2D eigenvalue weighted by atomic mass is 10.3. The van der Waals surface area contributed by atoms with Gasteiger partial charge in [-0.25, -0.2) is 4.79 Å². The third-order valence-electron chi connectivity index (χ3n) is 2.21. The Hall–Kier alpha value is -0.680. The van der Waals surface area contributed by atoms with Crippen molar-refractivity contribution in [3.63, 3.8) is 0 Å². The molecule has 1 aromatic carbocycles. The number of carbonyl (C=O) groups is 2. The summed E-state index contributed by atoms with van der Waals surface area (Å²) in [6.45, 7) is 1.47. The molecule has 4 nitrogen and oxygen atoms in total. The maximum atomic E-state index is 11.8. The molecule has 0 radical (unpaired) electrons. The second-order valence-electron chi connectivity index (χ2n) is 3.69. The van der Waals surface area contributed by atoms with E-state index in [1.807, 2.05) is 0 Å². The van der Waals surface area contributed by atoms with Crippen molar-refractivity contribution in [1.29, 1.82) is 0 Å². The molecule has 0 aromatic heterocycles. The number of nitrogens with zero attached hydrogens (tertiary/aromatic N) is 1. The van der Waals surface area contributed by atoms with Crippen LogP contribution in [0.1, 0.15) is 6.92 Å². The normalized spacial score (nSPS) is 11.9. The molecule has 1 atom stereocenters. The highest BCUT2D eigenvalue weighted by Crippen LogP contribution is 2.33. The molecule has 104 valence electrons. The van der Waals surface area contributed by atoms with Crippen molar-refractivity contribution < 1.29 is 9.59 Å². The maximum Gasteiger partial charge on any atom is 0.328 e. The summed E-state index contributed by atoms with van der Waals surface area (Å²) < 4.78 is 0. The molecule has 1 N–H and O–H groups in total. The van der Waals surface area contributed by atoms with Crippen molar-refractivity contribution >= 4 is 64.0 Å². The van der Waals surface area contributed by atoms with Crippen LogP contribution in [-0.2, 0) is 4.79 Å². The van der Waals surface area contributed by atoms with Gasteiger partial charge in [-0.05, 0) is 19.1 Å². The van der Waals surface area contributed by atoms with E-state index in [9.17, 15) is 9.59 Å². The number of imide groups is 1. The standard InChI is InChI=1S/C11H10Cl4N2O2/c1-5(12)10(18)17(2)11(19)16-9-7(14)3-6(13)4-8(9)15/h3-5H,1-2H3,(H,16,19). The zero-order valence-corrected chi connectivity index (χ0v) is 13.0. The lowest BCUT2D eigenvalue weighted by molar-refractivity contribution is -0.126. The van der Waals surface area contributed by atoms with Crippen molar-refractivity contribution in [3.05, 3.63) is 27.2 Å². The highest BCUT2D eigenvalue weighted by atomic mass is 35.5. The highest BCUT2D eigenvalue weighted by molar-refractivity contribution is 6.42. The molecular formula is C11H10Cl4N2O2. The van der Waals surface area contributed by atoms with Crippen LogP contribution in [0.3, 0.4) is 0 Å². The summed E-state index contributed by atoms with van der Waals surface area (Å²) in [5, 5.41) is 2.30. The molecule has 0 aliphatic heterocycles. The van der Waals surface area contributed by atoms with Gasteiger partial charge in [-0.15, -0.1) is 11.6 Å². The van der Waals surface area contributed by atoms with Crippen molar-refractivity contribution in [2.24, 2.45) is 0 Å². The van der Waals surface area contributed by atoms with Crippen LogP contribution in [0.25, 0.3) is 0 Å². The average Bonchev–Trinajstić information content (AvgIpc) is 2.31. The Morgan fingerprint density at radius 2 is 1.68 bits per heavy atom. The average molecular weight is 344 g/mol. The molecule has 1 unspecified atom stereocenters. The van der Waals surface area contributed by atoms with Crippen molar-refractivity contribution in [1.82, 2.24) is 4.90 Å². The molecule has 1 rings (SSSR count). The Labute approximate surface area is 130 Å². The fourth-order valence-corrected chi connectivity index (χ4v) is 2.28. The van der Waals surface area contributed by atoms with E-state index in [0.29, 0.717) is 5.02 Å². The first-order valence-corrected chi connectivity index (χ1v) is 6.68. The Kier molecular flexibility index (Phi) is 5.74. The second-order valence-corrected chi connectivity index (χ2v) is 5.59. The Balaban J connectivity index is 2.92. The number of anilines is 1. The van der Waals surface area contributed by atoms with Gasteiger partial charge in [0.25, 0.3) is 0 Å². The van der Waals surface area contributed by atoms with Gasteiger partial charge in [-0.3, -0.25) is 9.69 Å². The summed E-state index contributed by atoms with van der Waals surface area (Å²) in [5.41, 5.74) is 0.180. The second kappa shape index (κ2) is 6.66. The van der Waals surface area contributed by atoms with E-state index in [-0.39, 0.29) is 15.7 Å². The van der Waals surface area contributed by atoms with Crippen LogP contribution in [0.5, 0.6) is 0 Å². The van der Waals surface area contributed by atoms with E-state index in [1.165, 1.54) is 26.1 Å². The van der Waals surface area contributed by atoms with Crippen LogP contribution < -0.4 is 5.32 Å². The van der Waals surface area contributed by atoms with E-state index in [2.05, 4.69) is 5.32 Å². The number of urea groups is 1. The summed E-state index contributed by atoms with van der Waals surface area (Å²) >= 11 is 23.2. The minimum atomic E-state index is -0.813. The molecule has 0 fully saturated rings. The van der Waals surface area contributed by atoms with Gasteiger partial charge < -0.3 is 5.32 Å². The quantitative estimate of drug-likeness (QED) is 0.815. The molecule has 0 spiro atoms. The summed E-state index contributed by atoms with van der Waals surface area (Å²) in [4.78, 5) is 24.2. The topological polar surface area (TPSA) is 49.4 Å². The van der Waals surface area contributed by atoms with Gasteiger partial charge in [0.15, 0.2) is 0 Å². The smallest absolute Gasteiger partial charge is 0.305 e. The monoisotopic (exact) mass is 342 g/mol. The molecular weight excluding hydrogens is 334 g/mol. The van der Waals surface area contributed by atoms with E-state index in [0.717, 1.165) is 4.90 Å². The number of benzene rings is 1. The van der Waals surface area contributed by atoms with Crippen LogP contribution in [-0.4, -0.2) is 29.3 Å². The van der Waals surface area contributed by atoms with Crippen LogP contribution in [0, 0.1) is 0 Å². The number of hydrogen-bond donors (Lipinski definition) is 1. The zero-order valence-electron chi connectivity index (χ0n) is 10.0. The van der Waals surface area contributed by atoms with Gasteiger partial charge in [0.2, 0.25) is 5.91 Å². The number of hydrogen-bond acceptors (Lipinski definition) is 2. The predicted molar refractivity (Wildman–Crippen MR) is 78.6 cm³/mol. The molecule has 0 saturated heterocycles. The minimum Gasteiger partial charge on any atom is -0.305 e. The SMILES string of the molecule is CC(Cl)C(=O)N(C)C(=O)Nc1c(Cl)cc(Cl)cc1Cl. The van der Waals surface area contributed by atoms with Gasteiger partial charge in [-0.1, -0.05) is 34.8 Å². The minimum absolute atomic E-state index is 0.172. The van der Waals surface area contributed by atoms with Gasteiger partial charge in [0.1, 0.15) is 5.38 Å². The number of halogens is 4. The Bertz CT molecular complexity index is 496. The molecule has 19 heavy (non-hydrogen) atoms. The van der Waals surface area contributed by atoms with Crippen molar-refractivity contribution in [2.45, 2.75) is 12.3 Å². The molecule has 0 heterocycles. The summed E-state index contributed by atoms with van der Waals surface area (Å²) in [6.07, 6.45) is 0. The van der Waals surface area contributed by atoms with E-state index in [1.54, 1.807) is 0 Å². The first-order chi connectivity index (χ1) is 8.73. The molecule has 1 aromatic rings. The zero-order chi connectivity index (χ0) is 14.7. The molecule has 0 saturated carbocycles. The summed E-state index contributed by atoms with van der Waals surface area (Å²) in [7, 11) is 1.30. The van der Waals surface area contributed by atoms with Crippen LogP contribution in [0.2, 0.25) is 15.1 Å². The lowest BCUT2D eigenvalue weighted by Gasteiger charge is -2.18. The molecule has 0 aliphatic rings. The van der Waals surface area contributed by atoms with Gasteiger partial charge >= 0.3 is 6.03 Å². The maximum absolute atomic E-state index is 11.8. The third-order valence-corrected chi connectivity index (χ3v) is 3.22. The number of nitrogens with one attached hydrogen (secondary N) is 1. The number of carbonyl (C=O) groups excluding carboxylic acids is 2. The molecule has 0 bridgehead atoms. The summed E-state index contributed by atoms with van der Waals surface area (Å²) in [5.74, 6) is -0.541. The Morgan fingerprint density at radius 1 is 1.21 bits per heavy atom.